The third kappa shape index (κ3) is 7.64. The lowest BCUT2D eigenvalue weighted by Crippen LogP contribution is -2.53. The summed E-state index contributed by atoms with van der Waals surface area (Å²) in [4.78, 5) is 38.7. The minimum Gasteiger partial charge on any atom is -0.352 e. The van der Waals surface area contributed by atoms with Gasteiger partial charge in [-0.3, -0.25) is 24.0 Å². The van der Waals surface area contributed by atoms with Crippen LogP contribution in [0.25, 0.3) is 0 Å². The summed E-state index contributed by atoms with van der Waals surface area (Å²) in [6.07, 6.45) is 0.439. The summed E-state index contributed by atoms with van der Waals surface area (Å²) in [5.74, 6) is -0.998. The normalized spacial score (nSPS) is 12.0. The highest BCUT2D eigenvalue weighted by atomic mass is 32.2. The van der Waals surface area contributed by atoms with Gasteiger partial charge in [-0.05, 0) is 51.0 Å². The number of anilines is 1. The Morgan fingerprint density at radius 1 is 0.923 bits per heavy atom. The Hall–Kier alpha value is -4.25. The fourth-order valence-corrected chi connectivity index (χ4v) is 5.41. The largest absolute Gasteiger partial charge is 0.352 e. The zero-order chi connectivity index (χ0) is 28.6. The number of nitrogens with zero attached hydrogens (tertiary/aromatic N) is 3. The van der Waals surface area contributed by atoms with Crippen LogP contribution in [0, 0.1) is 10.1 Å². The van der Waals surface area contributed by atoms with Gasteiger partial charge in [-0.25, -0.2) is 8.42 Å². The smallest absolute Gasteiger partial charge is 0.271 e. The Balaban J connectivity index is 2.01. The van der Waals surface area contributed by atoms with Gasteiger partial charge < -0.3 is 10.2 Å². The summed E-state index contributed by atoms with van der Waals surface area (Å²) >= 11 is 0. The van der Waals surface area contributed by atoms with Crippen molar-refractivity contribution < 1.29 is 22.9 Å². The molecule has 0 aliphatic heterocycles. The molecule has 0 unspecified atom stereocenters. The van der Waals surface area contributed by atoms with Crippen LogP contribution < -0.4 is 9.62 Å². The van der Waals surface area contributed by atoms with E-state index in [0.29, 0.717) is 6.42 Å². The second-order valence-electron chi connectivity index (χ2n) is 9.26. The van der Waals surface area contributed by atoms with Crippen LogP contribution in [-0.4, -0.2) is 55.2 Å². The van der Waals surface area contributed by atoms with Crippen molar-refractivity contribution in [2.24, 2.45) is 0 Å². The quantitative estimate of drug-likeness (QED) is 0.269. The van der Waals surface area contributed by atoms with Crippen LogP contribution in [0.3, 0.4) is 0 Å². The van der Waals surface area contributed by atoms with Crippen molar-refractivity contribution in [2.75, 3.05) is 17.4 Å². The molecule has 2 amide bonds. The molecule has 0 saturated heterocycles. The van der Waals surface area contributed by atoms with Gasteiger partial charge in [0, 0.05) is 24.7 Å². The number of nitro groups is 1. The van der Waals surface area contributed by atoms with Gasteiger partial charge in [-0.2, -0.15) is 0 Å². The fraction of sp³-hybridized carbons (Fsp3) is 0.286. The van der Waals surface area contributed by atoms with E-state index in [2.05, 4.69) is 5.32 Å². The third-order valence-electron chi connectivity index (χ3n) is 6.02. The Labute approximate surface area is 228 Å². The summed E-state index contributed by atoms with van der Waals surface area (Å²) in [5, 5.41) is 14.2. The highest BCUT2D eigenvalue weighted by molar-refractivity contribution is 7.92. The molecule has 0 fully saturated rings. The van der Waals surface area contributed by atoms with Crippen LogP contribution in [0.15, 0.2) is 89.8 Å². The van der Waals surface area contributed by atoms with Crippen LogP contribution in [0.4, 0.5) is 11.4 Å². The molecule has 0 saturated carbocycles. The number of non-ortho nitro benzene ring substituents is 1. The molecule has 0 bridgehead atoms. The highest BCUT2D eigenvalue weighted by Gasteiger charge is 2.33. The minimum absolute atomic E-state index is 0.0382. The maximum absolute atomic E-state index is 13.8. The van der Waals surface area contributed by atoms with Crippen molar-refractivity contribution in [1.82, 2.24) is 10.2 Å². The van der Waals surface area contributed by atoms with Crippen LogP contribution in [0.1, 0.15) is 26.3 Å². The van der Waals surface area contributed by atoms with Crippen molar-refractivity contribution in [3.63, 3.8) is 0 Å². The molecule has 39 heavy (non-hydrogen) atoms. The van der Waals surface area contributed by atoms with E-state index in [1.54, 1.807) is 39.0 Å². The van der Waals surface area contributed by atoms with Gasteiger partial charge in [-0.15, -0.1) is 0 Å². The number of rotatable bonds is 12. The summed E-state index contributed by atoms with van der Waals surface area (Å²) in [5.41, 5.74) is 0.585. The van der Waals surface area contributed by atoms with Gasteiger partial charge in [0.15, 0.2) is 0 Å². The molecule has 0 aliphatic rings. The maximum atomic E-state index is 13.8. The first-order valence-corrected chi connectivity index (χ1v) is 13.9. The van der Waals surface area contributed by atoms with E-state index in [1.807, 2.05) is 30.3 Å². The van der Waals surface area contributed by atoms with E-state index in [1.165, 1.54) is 35.2 Å². The van der Waals surface area contributed by atoms with Crippen LogP contribution >= 0.6 is 0 Å². The van der Waals surface area contributed by atoms with Crippen molar-refractivity contribution in [3.05, 3.63) is 101 Å². The monoisotopic (exact) mass is 552 g/mol. The Kier molecular flexibility index (Phi) is 9.78. The zero-order valence-electron chi connectivity index (χ0n) is 22.1. The van der Waals surface area contributed by atoms with Crippen molar-refractivity contribution in [3.8, 4) is 0 Å². The molecule has 1 atom stereocenters. The summed E-state index contributed by atoms with van der Waals surface area (Å²) in [6, 6.07) is 21.0. The number of amides is 2. The number of hydrogen-bond donors (Lipinski definition) is 1. The summed E-state index contributed by atoms with van der Waals surface area (Å²) in [6.45, 7) is 4.69. The molecule has 206 valence electrons. The average molecular weight is 553 g/mol. The number of nitro benzene ring substituents is 1. The fourth-order valence-electron chi connectivity index (χ4n) is 3.99. The lowest BCUT2D eigenvalue weighted by molar-refractivity contribution is -0.384. The van der Waals surface area contributed by atoms with E-state index in [9.17, 15) is 28.1 Å². The van der Waals surface area contributed by atoms with Gasteiger partial charge in [0.1, 0.15) is 12.6 Å². The second kappa shape index (κ2) is 13.0. The molecule has 3 aromatic rings. The maximum Gasteiger partial charge on any atom is 0.271 e. The molecule has 0 aromatic heterocycles. The van der Waals surface area contributed by atoms with Crippen LogP contribution in [-0.2, 0) is 26.0 Å². The molecule has 3 aromatic carbocycles. The van der Waals surface area contributed by atoms with Crippen molar-refractivity contribution in [2.45, 2.75) is 44.2 Å². The first kappa shape index (κ1) is 29.3. The van der Waals surface area contributed by atoms with E-state index in [0.717, 1.165) is 15.9 Å². The van der Waals surface area contributed by atoms with Crippen LogP contribution in [0.2, 0.25) is 0 Å². The highest BCUT2D eigenvalue weighted by Crippen LogP contribution is 2.27. The SMILES string of the molecule is CC(C)NC(=O)[C@@H](C)N(CCc1ccccc1)C(=O)CN(c1cccc([N+](=O)[O-])c1)S(=O)(=O)c1ccccc1. The average Bonchev–Trinajstić information content (AvgIpc) is 2.92. The number of carbonyl (C=O) groups is 2. The molecule has 0 heterocycles. The first-order chi connectivity index (χ1) is 18.5. The number of sulfonamides is 1. The van der Waals surface area contributed by atoms with Gasteiger partial charge in [-0.1, -0.05) is 54.6 Å². The predicted octanol–water partition coefficient (Wildman–Crippen LogP) is 3.77. The summed E-state index contributed by atoms with van der Waals surface area (Å²) in [7, 11) is -4.29. The number of nitrogens with one attached hydrogen (secondary N) is 1. The van der Waals surface area contributed by atoms with E-state index < -0.39 is 33.4 Å². The van der Waals surface area contributed by atoms with Gasteiger partial charge >= 0.3 is 0 Å². The lowest BCUT2D eigenvalue weighted by Gasteiger charge is -2.32. The molecule has 3 rings (SSSR count). The predicted molar refractivity (Wildman–Crippen MR) is 149 cm³/mol. The zero-order valence-corrected chi connectivity index (χ0v) is 22.9. The van der Waals surface area contributed by atoms with E-state index in [4.69, 9.17) is 0 Å². The topological polar surface area (TPSA) is 130 Å². The van der Waals surface area contributed by atoms with E-state index in [-0.39, 0.29) is 34.8 Å². The molecule has 0 spiro atoms. The molecule has 0 aliphatic carbocycles. The molecular weight excluding hydrogens is 520 g/mol. The standard InChI is InChI=1S/C28H32N4O6S/c1-21(2)29-28(34)22(3)30(18-17-23-11-6-4-7-12-23)27(33)20-31(24-13-10-14-25(19-24)32(35)36)39(37,38)26-15-8-5-9-16-26/h4-16,19,21-22H,17-18,20H2,1-3H3,(H,29,34)/t22-/m1/s1. The van der Waals surface area contributed by atoms with Gasteiger partial charge in [0.25, 0.3) is 15.7 Å². The van der Waals surface area contributed by atoms with Crippen molar-refractivity contribution >= 4 is 33.2 Å². The first-order valence-electron chi connectivity index (χ1n) is 12.5. The molecule has 11 heteroatoms. The second-order valence-corrected chi connectivity index (χ2v) is 11.1. The van der Waals surface area contributed by atoms with Crippen LogP contribution in [0.5, 0.6) is 0 Å². The van der Waals surface area contributed by atoms with E-state index >= 15 is 0 Å². The summed E-state index contributed by atoms with van der Waals surface area (Å²) < 4.78 is 28.3. The molecule has 10 nitrogen and oxygen atoms in total. The number of carbonyl (C=O) groups excluding carboxylic acids is 2. The molecule has 0 radical (unpaired) electrons. The van der Waals surface area contributed by atoms with Gasteiger partial charge in [0.05, 0.1) is 15.5 Å². The molecular formula is C28H32N4O6S. The Bertz CT molecular complexity index is 1400. The Morgan fingerprint density at radius 2 is 1.54 bits per heavy atom. The number of hydrogen-bond acceptors (Lipinski definition) is 6. The lowest BCUT2D eigenvalue weighted by atomic mass is 10.1. The Morgan fingerprint density at radius 3 is 2.13 bits per heavy atom. The van der Waals surface area contributed by atoms with Gasteiger partial charge in [0.2, 0.25) is 11.8 Å². The number of benzene rings is 3. The minimum atomic E-state index is -4.29. The molecule has 1 N–H and O–H groups in total. The third-order valence-corrected chi connectivity index (χ3v) is 7.81. The van der Waals surface area contributed by atoms with Crippen molar-refractivity contribution in [1.29, 1.82) is 0 Å².